The maximum absolute atomic E-state index is 11.7. The fourth-order valence-corrected chi connectivity index (χ4v) is 6.25. The molecule has 32 heavy (non-hydrogen) atoms. The Labute approximate surface area is 191 Å². The molecule has 1 aromatic carbocycles. The maximum Gasteiger partial charge on any atom is 0.326 e. The van der Waals surface area contributed by atoms with Crippen LogP contribution in [0.4, 0.5) is 5.69 Å². The number of nitrogens with one attached hydrogen (secondary N) is 1. The van der Waals surface area contributed by atoms with Crippen molar-refractivity contribution in [1.82, 2.24) is 0 Å². The molecule has 6 heteroatoms. The second-order valence-corrected chi connectivity index (χ2v) is 10.9. The highest BCUT2D eigenvalue weighted by atomic mass is 16.4. The van der Waals surface area contributed by atoms with Gasteiger partial charge in [0.15, 0.2) is 11.5 Å². The van der Waals surface area contributed by atoms with Gasteiger partial charge < -0.3 is 25.7 Å². The van der Waals surface area contributed by atoms with E-state index in [4.69, 9.17) is 0 Å². The van der Waals surface area contributed by atoms with Crippen LogP contribution in [0, 0.1) is 28.6 Å². The lowest BCUT2D eigenvalue weighted by molar-refractivity contribution is -0.138. The first-order valence-corrected chi connectivity index (χ1v) is 11.8. The van der Waals surface area contributed by atoms with E-state index in [0.29, 0.717) is 18.3 Å². The number of aromatic hydroxyl groups is 3. The molecule has 5 atom stereocenters. The molecule has 5 N–H and O–H groups in total. The fraction of sp³-hybridized carbons (Fsp3) is 0.654. The van der Waals surface area contributed by atoms with Gasteiger partial charge in [-0.15, -0.1) is 0 Å². The highest BCUT2D eigenvalue weighted by Crippen LogP contribution is 2.62. The van der Waals surface area contributed by atoms with Crippen LogP contribution >= 0.6 is 0 Å². The quantitative estimate of drug-likeness (QED) is 0.219. The summed E-state index contributed by atoms with van der Waals surface area (Å²) in [5.74, 6) is -1.40. The Morgan fingerprint density at radius 1 is 1.19 bits per heavy atom. The normalized spacial score (nSPS) is 31.0. The van der Waals surface area contributed by atoms with Crippen LogP contribution in [0.2, 0.25) is 0 Å². The van der Waals surface area contributed by atoms with Crippen molar-refractivity contribution in [2.75, 3.05) is 5.32 Å². The molecule has 0 bridgehead atoms. The first-order valence-electron chi connectivity index (χ1n) is 11.8. The van der Waals surface area contributed by atoms with Crippen LogP contribution in [0.3, 0.4) is 0 Å². The minimum absolute atomic E-state index is 0.0781. The van der Waals surface area contributed by atoms with Crippen molar-refractivity contribution in [1.29, 1.82) is 0 Å². The van der Waals surface area contributed by atoms with Crippen molar-refractivity contribution in [2.45, 2.75) is 79.7 Å². The van der Waals surface area contributed by atoms with Gasteiger partial charge in [-0.25, -0.2) is 4.79 Å². The summed E-state index contributed by atoms with van der Waals surface area (Å²) in [6, 6.07) is 0.271. The van der Waals surface area contributed by atoms with Gasteiger partial charge in [0.05, 0.1) is 5.69 Å². The van der Waals surface area contributed by atoms with E-state index in [9.17, 15) is 25.2 Å². The molecule has 1 aromatic rings. The molecule has 6 nitrogen and oxygen atoms in total. The van der Waals surface area contributed by atoms with Crippen LogP contribution in [0.1, 0.15) is 72.8 Å². The summed E-state index contributed by atoms with van der Waals surface area (Å²) in [5, 5.41) is 44.7. The van der Waals surface area contributed by atoms with Gasteiger partial charge in [0.2, 0.25) is 0 Å². The fourth-order valence-electron chi connectivity index (χ4n) is 6.25. The van der Waals surface area contributed by atoms with Crippen molar-refractivity contribution >= 4 is 11.7 Å². The minimum Gasteiger partial charge on any atom is -0.505 e. The van der Waals surface area contributed by atoms with Crippen LogP contribution in [0.25, 0.3) is 0 Å². The average Bonchev–Trinajstić information content (AvgIpc) is 2.71. The third kappa shape index (κ3) is 3.93. The number of anilines is 1. The summed E-state index contributed by atoms with van der Waals surface area (Å²) >= 11 is 0. The summed E-state index contributed by atoms with van der Waals surface area (Å²) in [6.45, 7) is 12.6. The Hall–Kier alpha value is -2.37. The zero-order chi connectivity index (χ0) is 24.0. The number of phenolic OH excluding ortho intramolecular Hbond substituents is 3. The molecule has 1 fully saturated rings. The number of phenols is 3. The summed E-state index contributed by atoms with van der Waals surface area (Å²) in [7, 11) is 0. The van der Waals surface area contributed by atoms with Gasteiger partial charge in [-0.05, 0) is 67.6 Å². The molecule has 2 aliphatic carbocycles. The molecule has 2 aliphatic rings. The van der Waals surface area contributed by atoms with Crippen molar-refractivity contribution in [2.24, 2.45) is 28.6 Å². The Balaban J connectivity index is 2.05. The Bertz CT molecular complexity index is 923. The number of aliphatic carboxylic acids is 1. The third-order valence-electron chi connectivity index (χ3n) is 8.75. The standard InChI is InChI=1S/C26H39NO5/c1-14(2)21(24(31)32)27-18-12-19(28)23(30)17(22(18)29)13-26(6)16(4)10-11-25(5)15(3)8-7-9-20(25)26/h8,12,14,16,20-21,27-30H,7,9-11,13H2,1-6H3,(H,31,32)/t16-,20?,21-,25+,26+/m0/s1. The lowest BCUT2D eigenvalue weighted by Crippen LogP contribution is -2.50. The largest absolute Gasteiger partial charge is 0.505 e. The number of benzene rings is 1. The highest BCUT2D eigenvalue weighted by molar-refractivity contribution is 5.80. The van der Waals surface area contributed by atoms with E-state index in [-0.39, 0.29) is 45.2 Å². The molecule has 178 valence electrons. The molecule has 0 amide bonds. The number of hydrogen-bond acceptors (Lipinski definition) is 5. The minimum atomic E-state index is -1.04. The number of hydrogen-bond donors (Lipinski definition) is 5. The number of allylic oxidation sites excluding steroid dienone is 2. The summed E-state index contributed by atoms with van der Waals surface area (Å²) in [5.41, 5.74) is 1.71. The highest BCUT2D eigenvalue weighted by Gasteiger charge is 2.53. The second-order valence-electron chi connectivity index (χ2n) is 10.9. The first-order chi connectivity index (χ1) is 14.8. The van der Waals surface area contributed by atoms with Gasteiger partial charge in [-0.2, -0.15) is 0 Å². The zero-order valence-electron chi connectivity index (χ0n) is 20.2. The van der Waals surface area contributed by atoms with E-state index in [1.54, 1.807) is 13.8 Å². The van der Waals surface area contributed by atoms with E-state index in [2.05, 4.69) is 39.1 Å². The van der Waals surface area contributed by atoms with Crippen LogP contribution < -0.4 is 5.32 Å². The predicted octanol–water partition coefficient (Wildman–Crippen LogP) is 5.67. The van der Waals surface area contributed by atoms with Crippen LogP contribution in [-0.4, -0.2) is 32.4 Å². The van der Waals surface area contributed by atoms with Crippen LogP contribution in [-0.2, 0) is 11.2 Å². The lowest BCUT2D eigenvalue weighted by Gasteiger charge is -2.58. The molecular formula is C26H39NO5. The molecule has 0 radical (unpaired) electrons. The van der Waals surface area contributed by atoms with E-state index in [1.165, 1.54) is 11.6 Å². The van der Waals surface area contributed by atoms with Crippen LogP contribution in [0.15, 0.2) is 17.7 Å². The smallest absolute Gasteiger partial charge is 0.326 e. The number of rotatable bonds is 6. The number of carbonyl (C=O) groups is 1. The zero-order valence-corrected chi connectivity index (χ0v) is 20.2. The molecule has 1 unspecified atom stereocenters. The van der Waals surface area contributed by atoms with Gasteiger partial charge in [-0.3, -0.25) is 0 Å². The van der Waals surface area contributed by atoms with Gasteiger partial charge in [-0.1, -0.05) is 46.3 Å². The Kier molecular flexibility index (Phi) is 6.47. The SMILES string of the molecule is CC1=CCCC2[C@](C)(Cc3c(O)c(O)cc(N[C@H](C(=O)O)C(C)C)c3O)[C@@H](C)CC[C@]12C. The van der Waals surface area contributed by atoms with Crippen molar-refractivity contribution in [3.05, 3.63) is 23.3 Å². The summed E-state index contributed by atoms with van der Waals surface area (Å²) in [4.78, 5) is 11.7. The molecular weight excluding hydrogens is 406 g/mol. The van der Waals surface area contributed by atoms with Crippen molar-refractivity contribution in [3.8, 4) is 17.2 Å². The van der Waals surface area contributed by atoms with E-state index in [1.807, 2.05) is 0 Å². The first kappa shape index (κ1) is 24.3. The van der Waals surface area contributed by atoms with Crippen LogP contribution in [0.5, 0.6) is 17.2 Å². The average molecular weight is 446 g/mol. The van der Waals surface area contributed by atoms with E-state index >= 15 is 0 Å². The Morgan fingerprint density at radius 2 is 1.84 bits per heavy atom. The Morgan fingerprint density at radius 3 is 2.44 bits per heavy atom. The van der Waals surface area contributed by atoms with E-state index < -0.39 is 12.0 Å². The topological polar surface area (TPSA) is 110 Å². The van der Waals surface area contributed by atoms with Gasteiger partial charge in [0.1, 0.15) is 11.8 Å². The molecule has 3 rings (SSSR count). The number of carboxylic acid groups (broad SMARTS) is 1. The maximum atomic E-state index is 11.7. The number of carboxylic acids is 1. The summed E-state index contributed by atoms with van der Waals surface area (Å²) in [6.07, 6.45) is 6.99. The lowest BCUT2D eigenvalue weighted by atomic mass is 9.47. The van der Waals surface area contributed by atoms with Gasteiger partial charge in [0.25, 0.3) is 0 Å². The molecule has 0 saturated heterocycles. The third-order valence-corrected chi connectivity index (χ3v) is 8.75. The predicted molar refractivity (Wildman–Crippen MR) is 126 cm³/mol. The van der Waals surface area contributed by atoms with Crippen molar-refractivity contribution < 1.29 is 25.2 Å². The molecule has 0 spiro atoms. The molecule has 1 saturated carbocycles. The molecule has 0 aromatic heterocycles. The van der Waals surface area contributed by atoms with Gasteiger partial charge >= 0.3 is 5.97 Å². The summed E-state index contributed by atoms with van der Waals surface area (Å²) < 4.78 is 0. The van der Waals surface area contributed by atoms with Crippen molar-refractivity contribution in [3.63, 3.8) is 0 Å². The molecule has 0 aliphatic heterocycles. The number of fused-ring (bicyclic) bond motifs is 1. The monoisotopic (exact) mass is 445 g/mol. The molecule has 0 heterocycles. The van der Waals surface area contributed by atoms with Gasteiger partial charge in [0, 0.05) is 11.6 Å². The second kappa shape index (κ2) is 8.53. The van der Waals surface area contributed by atoms with E-state index in [0.717, 1.165) is 25.7 Å².